The van der Waals surface area contributed by atoms with Gasteiger partial charge in [-0.05, 0) is 140 Å². The molecule has 0 aliphatic rings. The highest BCUT2D eigenvalue weighted by Gasteiger charge is 2.34. The molecule has 62 heavy (non-hydrogen) atoms. The molecule has 0 aliphatic heterocycles. The number of halogens is 3. The fourth-order valence-electron chi connectivity index (χ4n) is 10.2. The molecule has 0 unspecified atom stereocenters. The van der Waals surface area contributed by atoms with Crippen molar-refractivity contribution < 1.29 is 13.2 Å². The molecule has 10 rings (SSSR count). The van der Waals surface area contributed by atoms with E-state index < -0.39 is 11.7 Å². The van der Waals surface area contributed by atoms with Crippen LogP contribution in [0.1, 0.15) is 44.5 Å². The number of para-hydroxylation sites is 2. The maximum absolute atomic E-state index is 15.7. The van der Waals surface area contributed by atoms with E-state index in [9.17, 15) is 5.26 Å². The highest BCUT2D eigenvalue weighted by Crippen LogP contribution is 2.46. The van der Waals surface area contributed by atoms with E-state index in [2.05, 4.69) is 108 Å². The second-order valence-electron chi connectivity index (χ2n) is 16.8. The smallest absolute Gasteiger partial charge is 0.309 e. The predicted octanol–water partition coefficient (Wildman–Crippen LogP) is 15.6. The van der Waals surface area contributed by atoms with Crippen LogP contribution in [0.4, 0.5) is 13.2 Å². The number of benzene rings is 8. The molecule has 6 heteroatoms. The third-order valence-corrected chi connectivity index (χ3v) is 12.5. The summed E-state index contributed by atoms with van der Waals surface area (Å²) in [5, 5.41) is 13.9. The SMILES string of the molecule is Cc1cc(C)c(-c2ccc3c4ccccc4n(-c4cc(C(F)(F)F)cc(-n5c6ccccc6c6ccc(-c7c(C)cc(C)cc7C)cc65)c4-c4cccc(C#N)c4)c3c2)c(C)c1. The first-order valence-corrected chi connectivity index (χ1v) is 20.8. The molecule has 8 aromatic carbocycles. The van der Waals surface area contributed by atoms with E-state index in [0.29, 0.717) is 28.1 Å². The third kappa shape index (κ3) is 6.19. The fraction of sp³-hybridized carbons (Fsp3) is 0.125. The van der Waals surface area contributed by atoms with Crippen LogP contribution in [0, 0.1) is 52.9 Å². The molecule has 2 heterocycles. The zero-order chi connectivity index (χ0) is 43.2. The molecule has 0 saturated heterocycles. The molecule has 0 saturated carbocycles. The lowest BCUT2D eigenvalue weighted by Crippen LogP contribution is -2.11. The predicted molar refractivity (Wildman–Crippen MR) is 250 cm³/mol. The van der Waals surface area contributed by atoms with Crippen LogP contribution in [0.5, 0.6) is 0 Å². The lowest BCUT2D eigenvalue weighted by atomic mass is 9.93. The highest BCUT2D eigenvalue weighted by atomic mass is 19.4. The highest BCUT2D eigenvalue weighted by molar-refractivity contribution is 6.13. The van der Waals surface area contributed by atoms with Crippen LogP contribution >= 0.6 is 0 Å². The Kier molecular flexibility index (Phi) is 9.01. The maximum Gasteiger partial charge on any atom is 0.416 e. The van der Waals surface area contributed by atoms with Crippen LogP contribution in [0.25, 0.3) is 88.4 Å². The molecular formula is C56H42F3N3. The Bertz CT molecular complexity index is 3290. The molecule has 0 fully saturated rings. The van der Waals surface area contributed by atoms with Gasteiger partial charge in [0, 0.05) is 27.1 Å². The van der Waals surface area contributed by atoms with E-state index >= 15 is 13.2 Å². The molecule has 302 valence electrons. The second kappa shape index (κ2) is 14.4. The second-order valence-corrected chi connectivity index (χ2v) is 16.8. The normalized spacial score (nSPS) is 11.9. The van der Waals surface area contributed by atoms with Gasteiger partial charge in [-0.3, -0.25) is 0 Å². The first kappa shape index (κ1) is 38.8. The largest absolute Gasteiger partial charge is 0.416 e. The Balaban J connectivity index is 1.39. The number of nitriles is 1. The number of rotatable bonds is 5. The van der Waals surface area contributed by atoms with Gasteiger partial charge >= 0.3 is 6.18 Å². The summed E-state index contributed by atoms with van der Waals surface area (Å²) in [4.78, 5) is 0. The number of hydrogen-bond acceptors (Lipinski definition) is 1. The van der Waals surface area contributed by atoms with Crippen molar-refractivity contribution in [3.05, 3.63) is 190 Å². The van der Waals surface area contributed by atoms with Gasteiger partial charge in [-0.25, -0.2) is 0 Å². The summed E-state index contributed by atoms with van der Waals surface area (Å²) in [6.07, 6.45) is -4.70. The lowest BCUT2D eigenvalue weighted by Gasteiger charge is -2.23. The van der Waals surface area contributed by atoms with Gasteiger partial charge < -0.3 is 9.13 Å². The van der Waals surface area contributed by atoms with Crippen molar-refractivity contribution in [3.63, 3.8) is 0 Å². The number of aryl methyl sites for hydroxylation is 6. The van der Waals surface area contributed by atoms with E-state index in [4.69, 9.17) is 0 Å². The van der Waals surface area contributed by atoms with Crippen molar-refractivity contribution in [3.8, 4) is 50.8 Å². The molecule has 0 atom stereocenters. The van der Waals surface area contributed by atoms with Crippen molar-refractivity contribution >= 4 is 43.6 Å². The molecule has 0 spiro atoms. The van der Waals surface area contributed by atoms with E-state index in [1.807, 2.05) is 63.7 Å². The molecular weight excluding hydrogens is 772 g/mol. The van der Waals surface area contributed by atoms with E-state index in [0.717, 1.165) is 88.1 Å². The summed E-state index contributed by atoms with van der Waals surface area (Å²) in [7, 11) is 0. The lowest BCUT2D eigenvalue weighted by molar-refractivity contribution is -0.137. The van der Waals surface area contributed by atoms with E-state index in [1.165, 1.54) is 23.3 Å². The molecule has 3 nitrogen and oxygen atoms in total. The number of fused-ring (bicyclic) bond motifs is 6. The van der Waals surface area contributed by atoms with Crippen molar-refractivity contribution in [1.29, 1.82) is 5.26 Å². The molecule has 2 aromatic heterocycles. The fourth-order valence-corrected chi connectivity index (χ4v) is 10.2. The van der Waals surface area contributed by atoms with Crippen LogP contribution < -0.4 is 0 Å². The molecule has 0 aliphatic carbocycles. The first-order chi connectivity index (χ1) is 29.8. The first-order valence-electron chi connectivity index (χ1n) is 20.8. The summed E-state index contributed by atoms with van der Waals surface area (Å²) >= 11 is 0. The van der Waals surface area contributed by atoms with Crippen molar-refractivity contribution in [2.24, 2.45) is 0 Å². The third-order valence-electron chi connectivity index (χ3n) is 12.5. The van der Waals surface area contributed by atoms with Crippen molar-refractivity contribution in [1.82, 2.24) is 9.13 Å². The Morgan fingerprint density at radius 3 is 1.27 bits per heavy atom. The minimum absolute atomic E-state index is 0.359. The average molecular weight is 814 g/mol. The molecule has 0 radical (unpaired) electrons. The summed E-state index contributed by atoms with van der Waals surface area (Å²) in [6, 6.07) is 49.2. The van der Waals surface area contributed by atoms with Gasteiger partial charge in [0.25, 0.3) is 0 Å². The number of nitrogens with zero attached hydrogens (tertiary/aromatic N) is 3. The van der Waals surface area contributed by atoms with Gasteiger partial charge in [0.1, 0.15) is 0 Å². The van der Waals surface area contributed by atoms with Gasteiger partial charge in [0.15, 0.2) is 0 Å². The summed E-state index contributed by atoms with van der Waals surface area (Å²) in [5.74, 6) is 0. The molecule has 0 bridgehead atoms. The van der Waals surface area contributed by atoms with Crippen molar-refractivity contribution in [2.45, 2.75) is 47.7 Å². The maximum atomic E-state index is 15.7. The van der Waals surface area contributed by atoms with Gasteiger partial charge in [-0.1, -0.05) is 108 Å². The van der Waals surface area contributed by atoms with E-state index in [1.54, 1.807) is 18.2 Å². The van der Waals surface area contributed by atoms with Crippen LogP contribution in [-0.2, 0) is 6.18 Å². The summed E-state index contributed by atoms with van der Waals surface area (Å²) in [6.45, 7) is 12.6. The number of aromatic nitrogens is 2. The quantitative estimate of drug-likeness (QED) is 0.170. The van der Waals surface area contributed by atoms with Crippen LogP contribution in [0.15, 0.2) is 146 Å². The standard InChI is InChI=1S/C56H42F3N3/c1-32-22-34(3)53(35(4)23-32)40-18-20-45-43-14-7-9-16-47(43)61(49(45)27-40)51-29-42(56(57,58)59)30-52(55(51)39-13-11-12-38(26-39)31-60)62-48-17-10-8-15-44(48)46-21-19-41(28-50(46)62)54-36(5)24-33(2)25-37(54)6/h7-30H,1-6H3. The monoisotopic (exact) mass is 813 g/mol. The van der Waals surface area contributed by atoms with E-state index in [-0.39, 0.29) is 0 Å². The van der Waals surface area contributed by atoms with Crippen LogP contribution in [-0.4, -0.2) is 9.13 Å². The molecule has 0 amide bonds. The van der Waals surface area contributed by atoms with Gasteiger partial charge in [-0.15, -0.1) is 0 Å². The Morgan fingerprint density at radius 1 is 0.419 bits per heavy atom. The topological polar surface area (TPSA) is 33.6 Å². The van der Waals surface area contributed by atoms with Crippen LogP contribution in [0.3, 0.4) is 0 Å². The zero-order valence-corrected chi connectivity index (χ0v) is 35.3. The van der Waals surface area contributed by atoms with Crippen LogP contribution in [0.2, 0.25) is 0 Å². The summed E-state index contributed by atoms with van der Waals surface area (Å²) in [5.41, 5.74) is 15.6. The zero-order valence-electron chi connectivity index (χ0n) is 35.3. The Morgan fingerprint density at radius 2 is 0.839 bits per heavy atom. The number of hydrogen-bond donors (Lipinski definition) is 0. The number of alkyl halides is 3. The van der Waals surface area contributed by atoms with Crippen molar-refractivity contribution in [2.75, 3.05) is 0 Å². The van der Waals surface area contributed by atoms with Gasteiger partial charge in [0.05, 0.1) is 50.6 Å². The summed E-state index contributed by atoms with van der Waals surface area (Å²) < 4.78 is 51.1. The molecule has 10 aromatic rings. The van der Waals surface area contributed by atoms with Gasteiger partial charge in [0.2, 0.25) is 0 Å². The minimum Gasteiger partial charge on any atom is -0.309 e. The minimum atomic E-state index is -4.70. The van der Waals surface area contributed by atoms with Gasteiger partial charge in [-0.2, -0.15) is 18.4 Å². The average Bonchev–Trinajstić information content (AvgIpc) is 3.74. The Hall–Kier alpha value is -7.36. The molecule has 0 N–H and O–H groups in total. The Labute approximate surface area is 358 Å².